The molecule has 0 bridgehead atoms. The van der Waals surface area contributed by atoms with E-state index in [9.17, 15) is 4.55 Å². The fraction of sp³-hybridized carbons (Fsp3) is 0.387. The zero-order chi connectivity index (χ0) is 28.0. The van der Waals surface area contributed by atoms with Gasteiger partial charge in [0, 0.05) is 37.6 Å². The van der Waals surface area contributed by atoms with Gasteiger partial charge in [0.15, 0.2) is 5.79 Å². The summed E-state index contributed by atoms with van der Waals surface area (Å²) in [6, 6.07) is 20.8. The molecule has 206 valence electrons. The summed E-state index contributed by atoms with van der Waals surface area (Å²) in [7, 11) is 0. The number of pyridine rings is 1. The van der Waals surface area contributed by atoms with Crippen molar-refractivity contribution >= 4 is 44.5 Å². The van der Waals surface area contributed by atoms with E-state index in [1.54, 1.807) is 23.1 Å². The van der Waals surface area contributed by atoms with Crippen LogP contribution in [0, 0.1) is 0 Å². The molecule has 5 nitrogen and oxygen atoms in total. The lowest BCUT2D eigenvalue weighted by Crippen LogP contribution is -2.41. The first-order valence-corrected chi connectivity index (χ1v) is 16.2. The molecule has 4 aromatic rings. The summed E-state index contributed by atoms with van der Waals surface area (Å²) in [5.41, 5.74) is 3.60. The molecule has 2 aromatic heterocycles. The number of aromatic nitrogens is 1. The molecule has 8 heteroatoms. The van der Waals surface area contributed by atoms with Gasteiger partial charge in [0.2, 0.25) is 0 Å². The van der Waals surface area contributed by atoms with Gasteiger partial charge in [-0.05, 0) is 88.6 Å². The first-order chi connectivity index (χ1) is 18.4. The number of benzene rings is 2. The summed E-state index contributed by atoms with van der Waals surface area (Å²) in [6.45, 7) is 12.4. The van der Waals surface area contributed by atoms with E-state index < -0.39 is 27.5 Å². The van der Waals surface area contributed by atoms with E-state index in [0.717, 1.165) is 37.3 Å². The van der Waals surface area contributed by atoms with Gasteiger partial charge in [0.1, 0.15) is 16.4 Å². The minimum Gasteiger partial charge on any atom is -0.598 e. The van der Waals surface area contributed by atoms with Crippen LogP contribution in [0.15, 0.2) is 71.8 Å². The highest BCUT2D eigenvalue weighted by atomic mass is 32.2. The van der Waals surface area contributed by atoms with Gasteiger partial charge in [-0.2, -0.15) is 0 Å². The number of hydrogen-bond acceptors (Lipinski definition) is 7. The molecule has 3 heterocycles. The average Bonchev–Trinajstić information content (AvgIpc) is 3.46. The monoisotopic (exact) mass is 580 g/mol. The Kier molecular flexibility index (Phi) is 7.94. The van der Waals surface area contributed by atoms with Crippen LogP contribution in [-0.2, 0) is 26.4 Å². The highest BCUT2D eigenvalue weighted by molar-refractivity contribution is 7.98. The van der Waals surface area contributed by atoms with Crippen LogP contribution in [0.4, 0.5) is 0 Å². The number of fused-ring (bicyclic) bond motifs is 1. The molecule has 1 N–H and O–H groups in total. The fourth-order valence-corrected chi connectivity index (χ4v) is 7.64. The molecule has 0 saturated carbocycles. The number of thioether (sulfide) groups is 1. The van der Waals surface area contributed by atoms with Gasteiger partial charge >= 0.3 is 0 Å². The molecule has 0 aliphatic carbocycles. The second kappa shape index (κ2) is 10.8. The SMILES string of the molecule is CSc1ccccc1C(N[S@@+]([O-])C(C)(C)C)c1cc2cccc(-c3cc(C4(C)COC(C)(C)O4)ccn3)c2s1. The van der Waals surface area contributed by atoms with Crippen LogP contribution in [-0.4, -0.2) is 32.9 Å². The van der Waals surface area contributed by atoms with Crippen LogP contribution in [0.1, 0.15) is 63.6 Å². The smallest absolute Gasteiger partial charge is 0.164 e. The van der Waals surface area contributed by atoms with Crippen LogP contribution in [0.25, 0.3) is 21.3 Å². The van der Waals surface area contributed by atoms with E-state index in [1.165, 1.54) is 4.90 Å². The molecule has 5 rings (SSSR count). The Morgan fingerprint density at radius 2 is 1.85 bits per heavy atom. The van der Waals surface area contributed by atoms with E-state index >= 15 is 0 Å². The first-order valence-electron chi connectivity index (χ1n) is 13.0. The number of nitrogens with one attached hydrogen (secondary N) is 1. The molecule has 0 amide bonds. The van der Waals surface area contributed by atoms with Crippen LogP contribution in [0.2, 0.25) is 0 Å². The Morgan fingerprint density at radius 3 is 2.54 bits per heavy atom. The summed E-state index contributed by atoms with van der Waals surface area (Å²) in [5.74, 6) is -0.622. The molecule has 1 aliphatic rings. The molecule has 0 radical (unpaired) electrons. The maximum Gasteiger partial charge on any atom is 0.164 e. The molecule has 0 spiro atoms. The molecule has 39 heavy (non-hydrogen) atoms. The van der Waals surface area contributed by atoms with Crippen molar-refractivity contribution in [3.8, 4) is 11.3 Å². The number of thiophene rings is 1. The zero-order valence-electron chi connectivity index (χ0n) is 23.5. The molecule has 1 saturated heterocycles. The summed E-state index contributed by atoms with van der Waals surface area (Å²) < 4.78 is 29.7. The lowest BCUT2D eigenvalue weighted by atomic mass is 9.96. The third-order valence-electron chi connectivity index (χ3n) is 6.89. The second-order valence-electron chi connectivity index (χ2n) is 11.5. The molecule has 2 aromatic carbocycles. The number of rotatable bonds is 7. The largest absolute Gasteiger partial charge is 0.598 e. The quantitative estimate of drug-likeness (QED) is 0.178. The van der Waals surface area contributed by atoms with Crippen LogP contribution < -0.4 is 4.72 Å². The second-order valence-corrected chi connectivity index (χ2v) is 15.4. The third kappa shape index (κ3) is 5.93. The van der Waals surface area contributed by atoms with Crippen molar-refractivity contribution in [2.45, 2.75) is 68.6 Å². The van der Waals surface area contributed by atoms with E-state index in [4.69, 9.17) is 14.5 Å². The predicted molar refractivity (Wildman–Crippen MR) is 165 cm³/mol. The highest BCUT2D eigenvalue weighted by Crippen LogP contribution is 2.43. The zero-order valence-corrected chi connectivity index (χ0v) is 26.0. The molecular formula is C31H36N2O3S3. The predicted octanol–water partition coefficient (Wildman–Crippen LogP) is 7.82. The Labute approximate surface area is 243 Å². The number of nitrogens with zero attached hydrogens (tertiary/aromatic N) is 1. The molecular weight excluding hydrogens is 545 g/mol. The lowest BCUT2D eigenvalue weighted by Gasteiger charge is -2.28. The van der Waals surface area contributed by atoms with Crippen molar-refractivity contribution in [2.75, 3.05) is 12.9 Å². The average molecular weight is 581 g/mol. The Bertz CT molecular complexity index is 1480. The van der Waals surface area contributed by atoms with Gasteiger partial charge in [-0.1, -0.05) is 36.4 Å². The van der Waals surface area contributed by atoms with E-state index in [-0.39, 0.29) is 6.04 Å². The lowest BCUT2D eigenvalue weighted by molar-refractivity contribution is -0.159. The maximum absolute atomic E-state index is 13.3. The summed E-state index contributed by atoms with van der Waals surface area (Å²) in [4.78, 5) is 7.05. The minimum atomic E-state index is -1.25. The minimum absolute atomic E-state index is 0.205. The standard InChI is InChI=1S/C31H36N2O3S3/c1-29(2,3)39(34)33-27(23-12-8-9-14-25(23)37-7)26-17-20-11-10-13-22(28(20)38-26)24-18-21(15-16-32-24)31(6)19-35-30(4,5)36-31/h8-18,27,33H,19H2,1-7H3/t27?,31?,39-/m0/s1. The van der Waals surface area contributed by atoms with Gasteiger partial charge < -0.3 is 14.0 Å². The van der Waals surface area contributed by atoms with Crippen molar-refractivity contribution in [3.63, 3.8) is 0 Å². The molecule has 1 aliphatic heterocycles. The van der Waals surface area contributed by atoms with Crippen LogP contribution >= 0.6 is 23.1 Å². The van der Waals surface area contributed by atoms with Crippen molar-refractivity contribution in [2.24, 2.45) is 0 Å². The summed E-state index contributed by atoms with van der Waals surface area (Å²) in [5, 5.41) is 1.14. The van der Waals surface area contributed by atoms with E-state index in [1.807, 2.05) is 46.9 Å². The third-order valence-corrected chi connectivity index (χ3v) is 10.5. The Balaban J connectivity index is 1.59. The number of hydrogen-bond donors (Lipinski definition) is 1. The van der Waals surface area contributed by atoms with Crippen LogP contribution in [0.3, 0.4) is 0 Å². The van der Waals surface area contributed by atoms with Gasteiger partial charge in [-0.15, -0.1) is 27.8 Å². The van der Waals surface area contributed by atoms with E-state index in [2.05, 4.69) is 72.5 Å². The van der Waals surface area contributed by atoms with Crippen molar-refractivity contribution < 1.29 is 14.0 Å². The van der Waals surface area contributed by atoms with Crippen molar-refractivity contribution in [3.05, 3.63) is 82.9 Å². The summed E-state index contributed by atoms with van der Waals surface area (Å²) in [6.07, 6.45) is 3.93. The Morgan fingerprint density at radius 1 is 1.08 bits per heavy atom. The number of ether oxygens (including phenoxy) is 2. The summed E-state index contributed by atoms with van der Waals surface area (Å²) >= 11 is 2.19. The van der Waals surface area contributed by atoms with Gasteiger partial charge in [-0.3, -0.25) is 4.98 Å². The van der Waals surface area contributed by atoms with Crippen molar-refractivity contribution in [1.82, 2.24) is 9.71 Å². The normalized spacial score (nSPS) is 20.8. The maximum atomic E-state index is 13.3. The molecule has 3 atom stereocenters. The van der Waals surface area contributed by atoms with Gasteiger partial charge in [-0.25, -0.2) is 0 Å². The highest BCUT2D eigenvalue weighted by Gasteiger charge is 2.43. The molecule has 2 unspecified atom stereocenters. The first kappa shape index (κ1) is 28.6. The van der Waals surface area contributed by atoms with Crippen LogP contribution in [0.5, 0.6) is 0 Å². The van der Waals surface area contributed by atoms with E-state index in [0.29, 0.717) is 6.61 Å². The molecule has 1 fully saturated rings. The van der Waals surface area contributed by atoms with Gasteiger partial charge in [0.05, 0.1) is 12.3 Å². The van der Waals surface area contributed by atoms with Gasteiger partial charge in [0.25, 0.3) is 0 Å². The fourth-order valence-electron chi connectivity index (χ4n) is 4.85. The topological polar surface area (TPSA) is 66.4 Å². The Hall–Kier alpha value is -1.91. The van der Waals surface area contributed by atoms with Crippen molar-refractivity contribution in [1.29, 1.82) is 0 Å².